The number of phosphoric acid groups is 1. The predicted octanol–water partition coefficient (Wildman–Crippen LogP) is 8.95. The van der Waals surface area contributed by atoms with Gasteiger partial charge in [-0.05, 0) is 43.2 Å². The minimum atomic E-state index is -4.67. The lowest BCUT2D eigenvalue weighted by atomic mass is 9.93. The highest BCUT2D eigenvalue weighted by Crippen LogP contribution is 2.46. The molecule has 2 aromatic heterocycles. The molecular formula is C40H63Cl2N4O9P. The van der Waals surface area contributed by atoms with Crippen molar-refractivity contribution in [3.05, 3.63) is 58.0 Å². The molecule has 3 aromatic rings. The number of benzene rings is 1. The Labute approximate surface area is 342 Å². The molecule has 0 saturated carbocycles. The zero-order valence-corrected chi connectivity index (χ0v) is 35.4. The lowest BCUT2D eigenvalue weighted by Gasteiger charge is -2.27. The molecule has 0 aliphatic carbocycles. The summed E-state index contributed by atoms with van der Waals surface area (Å²) in [5.41, 5.74) is 6.15. The maximum atomic E-state index is 13.0. The van der Waals surface area contributed by atoms with Gasteiger partial charge in [-0.25, -0.2) is 14.1 Å². The monoisotopic (exact) mass is 844 g/mol. The third-order valence-corrected chi connectivity index (χ3v) is 12.1. The topological polar surface area (TPSA) is 180 Å². The van der Waals surface area contributed by atoms with Crippen LogP contribution in [0.25, 0.3) is 5.52 Å². The van der Waals surface area contributed by atoms with E-state index in [1.165, 1.54) is 94.3 Å². The average Bonchev–Trinajstić information content (AvgIpc) is 3.72. The molecule has 6 atom stereocenters. The number of anilines is 1. The fourth-order valence-electron chi connectivity index (χ4n) is 6.99. The molecule has 5 N–H and O–H groups in total. The molecule has 4 rings (SSSR count). The Bertz CT molecular complexity index is 1640. The van der Waals surface area contributed by atoms with Crippen molar-refractivity contribution in [3.8, 4) is 0 Å². The van der Waals surface area contributed by atoms with Crippen LogP contribution < -0.4 is 5.73 Å². The van der Waals surface area contributed by atoms with Crippen LogP contribution in [0, 0.1) is 0 Å². The number of halogens is 2. The normalized spacial score (nSPS) is 21.5. The lowest BCUT2D eigenvalue weighted by molar-refractivity contribution is -0.0901. The van der Waals surface area contributed by atoms with Crippen LogP contribution in [0.3, 0.4) is 0 Å². The molecule has 16 heteroatoms. The van der Waals surface area contributed by atoms with Crippen molar-refractivity contribution in [2.24, 2.45) is 0 Å². The molecule has 56 heavy (non-hydrogen) atoms. The van der Waals surface area contributed by atoms with Gasteiger partial charge in [-0.15, -0.1) is 0 Å². The van der Waals surface area contributed by atoms with Crippen LogP contribution in [-0.2, 0) is 40.0 Å². The third-order valence-electron chi connectivity index (χ3n) is 10.4. The van der Waals surface area contributed by atoms with Crippen LogP contribution >= 0.6 is 31.0 Å². The van der Waals surface area contributed by atoms with Crippen molar-refractivity contribution in [1.29, 1.82) is 0 Å². The van der Waals surface area contributed by atoms with Crippen molar-refractivity contribution in [2.45, 2.75) is 153 Å². The second kappa shape index (κ2) is 24.3. The Morgan fingerprint density at radius 2 is 1.52 bits per heavy atom. The summed E-state index contributed by atoms with van der Waals surface area (Å²) in [6.45, 7) is 3.74. The van der Waals surface area contributed by atoms with Gasteiger partial charge in [0.05, 0.1) is 42.2 Å². The number of nitrogens with zero attached hydrogens (tertiary/aromatic N) is 3. The minimum Gasteiger partial charge on any atom is -0.387 e. The Morgan fingerprint density at radius 3 is 2.14 bits per heavy atom. The predicted molar refractivity (Wildman–Crippen MR) is 219 cm³/mol. The third kappa shape index (κ3) is 14.7. The average molecular weight is 846 g/mol. The number of aliphatic hydroxyl groups excluding tert-OH is 2. The Morgan fingerprint density at radius 1 is 0.893 bits per heavy atom. The van der Waals surface area contributed by atoms with Crippen LogP contribution in [0.15, 0.2) is 36.7 Å². The zero-order valence-electron chi connectivity index (χ0n) is 33.0. The number of hydrogen-bond donors (Lipinski definition) is 4. The van der Waals surface area contributed by atoms with E-state index in [4.69, 9.17) is 52.2 Å². The molecule has 1 saturated heterocycles. The number of fused-ring (bicyclic) bond motifs is 1. The van der Waals surface area contributed by atoms with E-state index in [1.807, 2.05) is 0 Å². The number of nitrogens with two attached hydrogens (primary N) is 1. The number of hydrogen-bond acceptors (Lipinski definition) is 11. The van der Waals surface area contributed by atoms with Gasteiger partial charge >= 0.3 is 7.82 Å². The van der Waals surface area contributed by atoms with Crippen LogP contribution in [0.5, 0.6) is 0 Å². The van der Waals surface area contributed by atoms with Gasteiger partial charge in [0.2, 0.25) is 0 Å². The lowest BCUT2D eigenvalue weighted by Crippen LogP contribution is -2.39. The van der Waals surface area contributed by atoms with E-state index in [1.54, 1.807) is 37.3 Å². The minimum absolute atomic E-state index is 0.119. The van der Waals surface area contributed by atoms with E-state index in [-0.39, 0.29) is 25.6 Å². The first kappa shape index (κ1) is 46.8. The van der Waals surface area contributed by atoms with Crippen molar-refractivity contribution in [1.82, 2.24) is 14.6 Å². The molecule has 0 spiro atoms. The molecule has 3 heterocycles. The number of ether oxygens (including phenoxy) is 3. The first-order valence-electron chi connectivity index (χ1n) is 20.3. The quantitative estimate of drug-likeness (QED) is 0.0386. The van der Waals surface area contributed by atoms with Crippen LogP contribution in [0.1, 0.15) is 128 Å². The number of aliphatic hydroxyl groups is 2. The molecule has 1 fully saturated rings. The van der Waals surface area contributed by atoms with Crippen LogP contribution in [0.4, 0.5) is 5.82 Å². The summed E-state index contributed by atoms with van der Waals surface area (Å²) in [6.07, 6.45) is 17.1. The molecule has 0 radical (unpaired) electrons. The van der Waals surface area contributed by atoms with E-state index in [0.717, 1.165) is 24.8 Å². The highest BCUT2D eigenvalue weighted by Gasteiger charge is 2.54. The fourth-order valence-corrected chi connectivity index (χ4v) is 8.08. The number of phosphoric ester groups is 1. The summed E-state index contributed by atoms with van der Waals surface area (Å²) in [4.78, 5) is 14.6. The molecular weight excluding hydrogens is 782 g/mol. The smallest absolute Gasteiger partial charge is 0.387 e. The van der Waals surface area contributed by atoms with Gasteiger partial charge in [0.1, 0.15) is 41.9 Å². The number of nitrogen functional groups attached to an aromatic ring is 1. The van der Waals surface area contributed by atoms with Gasteiger partial charge in [-0.2, -0.15) is 5.10 Å². The maximum Gasteiger partial charge on any atom is 0.472 e. The van der Waals surface area contributed by atoms with E-state index in [0.29, 0.717) is 27.9 Å². The summed E-state index contributed by atoms with van der Waals surface area (Å²) >= 11 is 12.2. The van der Waals surface area contributed by atoms with Gasteiger partial charge in [-0.1, -0.05) is 133 Å². The molecule has 2 unspecified atom stereocenters. The second-order valence-electron chi connectivity index (χ2n) is 15.0. The van der Waals surface area contributed by atoms with Crippen LogP contribution in [0.2, 0.25) is 10.0 Å². The van der Waals surface area contributed by atoms with Crippen molar-refractivity contribution in [2.75, 3.05) is 32.2 Å². The zero-order chi connectivity index (χ0) is 40.4. The SMILES string of the molecule is CCCCCCCCCCCCCCCCCCOC[C@H](COP(=O)(O)OCC1O[C@@](C)(c2ccc3c(N)ncnn23)[C@H](O)[C@@H]1O)OCc1ccc(Cl)c(Cl)c1. The summed E-state index contributed by atoms with van der Waals surface area (Å²) < 4.78 is 43.0. The molecule has 1 aromatic carbocycles. The van der Waals surface area contributed by atoms with Gasteiger partial charge in [-0.3, -0.25) is 9.05 Å². The highest BCUT2D eigenvalue weighted by molar-refractivity contribution is 7.47. The van der Waals surface area contributed by atoms with Crippen molar-refractivity contribution >= 4 is 42.4 Å². The van der Waals surface area contributed by atoms with Gasteiger partial charge < -0.3 is 35.1 Å². The van der Waals surface area contributed by atoms with Crippen molar-refractivity contribution < 1.29 is 42.9 Å². The molecule has 0 amide bonds. The summed E-state index contributed by atoms with van der Waals surface area (Å²) in [7, 11) is -4.67. The summed E-state index contributed by atoms with van der Waals surface area (Å²) in [6, 6.07) is 8.45. The van der Waals surface area contributed by atoms with E-state index < -0.39 is 44.4 Å². The maximum absolute atomic E-state index is 13.0. The summed E-state index contributed by atoms with van der Waals surface area (Å²) in [5, 5.41) is 26.8. The number of unbranched alkanes of at least 4 members (excludes halogenated alkanes) is 15. The highest BCUT2D eigenvalue weighted by atomic mass is 35.5. The molecule has 1 aliphatic heterocycles. The number of rotatable bonds is 29. The molecule has 13 nitrogen and oxygen atoms in total. The number of aromatic nitrogens is 3. The molecule has 316 valence electrons. The summed E-state index contributed by atoms with van der Waals surface area (Å²) in [5.74, 6) is 0.228. The van der Waals surface area contributed by atoms with Gasteiger partial charge in [0, 0.05) is 6.61 Å². The standard InChI is InChI=1S/C40H63Cl2N4O9P/c1-3-4-5-6-7-8-9-10-11-12-13-14-15-16-17-18-23-51-26-31(52-25-30-19-20-32(41)33(42)24-30)27-53-56(49,50)54-28-35-37(47)38(48)40(2,55-35)36-22-21-34-39(43)44-29-45-46(34)36/h19-22,24,29,31,35,37-38,47-48H,3-18,23,25-28H2,1-2H3,(H,49,50)(H2,43,44,45)/t31-,35?,37-,38-,40+/m1/s1. The largest absolute Gasteiger partial charge is 0.472 e. The molecule has 1 aliphatic rings. The van der Waals surface area contributed by atoms with E-state index >= 15 is 0 Å². The first-order valence-corrected chi connectivity index (χ1v) is 22.6. The second-order valence-corrected chi connectivity index (χ2v) is 17.2. The van der Waals surface area contributed by atoms with Crippen molar-refractivity contribution in [3.63, 3.8) is 0 Å². The van der Waals surface area contributed by atoms with E-state index in [2.05, 4.69) is 17.0 Å². The Hall–Kier alpha value is -1.87. The molecule has 0 bridgehead atoms. The van der Waals surface area contributed by atoms with Gasteiger partial charge in [0.15, 0.2) is 5.82 Å². The first-order chi connectivity index (χ1) is 26.9. The van der Waals surface area contributed by atoms with Crippen LogP contribution in [-0.4, -0.2) is 80.5 Å². The Balaban J connectivity index is 1.16. The van der Waals surface area contributed by atoms with Gasteiger partial charge in [0.25, 0.3) is 0 Å². The fraction of sp³-hybridized carbons (Fsp3) is 0.700. The Kier molecular flexibility index (Phi) is 20.3. The van der Waals surface area contributed by atoms with E-state index in [9.17, 15) is 19.7 Å².